The summed E-state index contributed by atoms with van der Waals surface area (Å²) >= 11 is 0. The summed E-state index contributed by atoms with van der Waals surface area (Å²) in [6, 6.07) is 12.8. The monoisotopic (exact) mass is 350 g/mol. The van der Waals surface area contributed by atoms with Crippen LogP contribution in [0.2, 0.25) is 0 Å². The second-order valence-electron chi connectivity index (χ2n) is 10.5. The Labute approximate surface area is 159 Å². The normalized spacial score (nSPS) is 44.7. The highest BCUT2D eigenvalue weighted by atomic mass is 15.1. The van der Waals surface area contributed by atoms with Crippen molar-refractivity contribution < 1.29 is 0 Å². The minimum atomic E-state index is 0.217. The summed E-state index contributed by atoms with van der Waals surface area (Å²) in [5.41, 5.74) is 6.64. The van der Waals surface area contributed by atoms with Gasteiger partial charge in [-0.1, -0.05) is 52.0 Å². The van der Waals surface area contributed by atoms with Gasteiger partial charge in [-0.3, -0.25) is 4.98 Å². The number of hydrogen-bond acceptors (Lipinski definition) is 2. The van der Waals surface area contributed by atoms with Crippen molar-refractivity contribution in [1.29, 1.82) is 5.26 Å². The molecule has 7 rings (SSSR count). The second kappa shape index (κ2) is 3.51. The second-order valence-corrected chi connectivity index (χ2v) is 10.5. The highest BCUT2D eigenvalue weighted by Crippen LogP contribution is 3.09. The van der Waals surface area contributed by atoms with Crippen LogP contribution in [-0.2, 0) is 10.8 Å². The summed E-state index contributed by atoms with van der Waals surface area (Å²) in [5.74, 6) is 0. The Morgan fingerprint density at radius 1 is 0.926 bits per heavy atom. The molecule has 1 aromatic heterocycles. The van der Waals surface area contributed by atoms with Gasteiger partial charge < -0.3 is 0 Å². The fourth-order valence-corrected chi connectivity index (χ4v) is 9.94. The van der Waals surface area contributed by atoms with Gasteiger partial charge in [0.05, 0.1) is 17.1 Å². The summed E-state index contributed by atoms with van der Waals surface area (Å²) in [6.45, 7) is 10.0. The van der Waals surface area contributed by atoms with Crippen molar-refractivity contribution >= 4 is 21.7 Å². The third-order valence-electron chi connectivity index (χ3n) is 10.0. The molecule has 5 atom stereocenters. The van der Waals surface area contributed by atoms with E-state index < -0.39 is 0 Å². The number of benzene rings is 2. The summed E-state index contributed by atoms with van der Waals surface area (Å²) < 4.78 is 0. The third kappa shape index (κ3) is 0.969. The van der Waals surface area contributed by atoms with Gasteiger partial charge in [-0.2, -0.15) is 5.26 Å². The molecule has 2 heteroatoms. The maximum Gasteiger partial charge on any atom is 0.0998 e. The Hall–Kier alpha value is -2.40. The van der Waals surface area contributed by atoms with Gasteiger partial charge >= 0.3 is 0 Å². The molecule has 27 heavy (non-hydrogen) atoms. The molecule has 1 heterocycles. The van der Waals surface area contributed by atoms with Crippen LogP contribution < -0.4 is 0 Å². The number of aromatic nitrogens is 1. The van der Waals surface area contributed by atoms with E-state index in [9.17, 15) is 5.26 Å². The number of rotatable bonds is 0. The Morgan fingerprint density at radius 2 is 1.59 bits per heavy atom. The van der Waals surface area contributed by atoms with Crippen LogP contribution in [0.4, 0.5) is 0 Å². The van der Waals surface area contributed by atoms with Crippen molar-refractivity contribution in [3.8, 4) is 6.07 Å². The molecule has 3 fully saturated rings. The van der Waals surface area contributed by atoms with Gasteiger partial charge in [0.25, 0.3) is 0 Å². The van der Waals surface area contributed by atoms with Crippen LogP contribution in [0.5, 0.6) is 0 Å². The maximum absolute atomic E-state index is 9.82. The fraction of sp³-hybridized carbons (Fsp3) is 0.440. The first-order valence-electron chi connectivity index (χ1n) is 10.1. The van der Waals surface area contributed by atoms with Crippen LogP contribution in [0.25, 0.3) is 21.7 Å². The molecule has 3 aromatic rings. The van der Waals surface area contributed by atoms with Gasteiger partial charge in [0.1, 0.15) is 0 Å². The van der Waals surface area contributed by atoms with Crippen molar-refractivity contribution in [3.63, 3.8) is 0 Å². The zero-order valence-corrected chi connectivity index (χ0v) is 16.3. The number of fused-ring (bicyclic) bond motifs is 8. The van der Waals surface area contributed by atoms with Gasteiger partial charge in [0.2, 0.25) is 0 Å². The Morgan fingerprint density at radius 3 is 2.26 bits per heavy atom. The van der Waals surface area contributed by atoms with Crippen LogP contribution >= 0.6 is 0 Å². The minimum absolute atomic E-state index is 0.217. The molecule has 5 unspecified atom stereocenters. The van der Waals surface area contributed by atoms with E-state index >= 15 is 0 Å². The largest absolute Gasteiger partial charge is 0.255 e. The molecule has 1 spiro atoms. The van der Waals surface area contributed by atoms with Gasteiger partial charge in [-0.25, -0.2) is 0 Å². The molecular weight excluding hydrogens is 328 g/mol. The van der Waals surface area contributed by atoms with Crippen molar-refractivity contribution in [3.05, 3.63) is 53.2 Å². The van der Waals surface area contributed by atoms with Gasteiger partial charge in [0.15, 0.2) is 0 Å². The molecule has 2 aromatic carbocycles. The molecular formula is C25H22N2. The standard InChI is InChI=1S/C25H22N2/c1-21-12-23(3)24(4)13-22(2,25(21,23)24)19-17-9-14(10-26)15-7-5-6-8-16(15)20(17)27-11-18(19)21/h5-9,11H,12-13H2,1-4H3. The average Bonchev–Trinajstić information content (AvgIpc) is 2.89. The molecule has 0 bridgehead atoms. The van der Waals surface area contributed by atoms with Crippen molar-refractivity contribution in [1.82, 2.24) is 4.98 Å². The highest BCUT2D eigenvalue weighted by molar-refractivity contribution is 6.09. The van der Waals surface area contributed by atoms with Crippen LogP contribution in [0.15, 0.2) is 36.5 Å². The summed E-state index contributed by atoms with van der Waals surface area (Å²) in [4.78, 5) is 4.99. The zero-order valence-electron chi connectivity index (χ0n) is 16.3. The van der Waals surface area contributed by atoms with Crippen molar-refractivity contribution in [2.24, 2.45) is 16.2 Å². The van der Waals surface area contributed by atoms with E-state index in [0.717, 1.165) is 21.9 Å². The van der Waals surface area contributed by atoms with E-state index in [1.165, 1.54) is 29.4 Å². The first-order chi connectivity index (χ1) is 12.8. The lowest BCUT2D eigenvalue weighted by Crippen LogP contribution is -2.56. The third-order valence-corrected chi connectivity index (χ3v) is 10.0. The molecule has 4 aliphatic carbocycles. The molecule has 4 aliphatic rings. The summed E-state index contributed by atoms with van der Waals surface area (Å²) in [7, 11) is 0. The van der Waals surface area contributed by atoms with Crippen LogP contribution in [0, 0.1) is 27.6 Å². The lowest BCUT2D eigenvalue weighted by molar-refractivity contribution is -0.0343. The van der Waals surface area contributed by atoms with Crippen LogP contribution in [0.1, 0.15) is 57.2 Å². The molecule has 0 radical (unpaired) electrons. The molecule has 3 saturated carbocycles. The quantitative estimate of drug-likeness (QED) is 0.494. The predicted molar refractivity (Wildman–Crippen MR) is 107 cm³/mol. The van der Waals surface area contributed by atoms with E-state index in [4.69, 9.17) is 4.98 Å². The number of nitrogens with zero attached hydrogens (tertiary/aromatic N) is 2. The predicted octanol–water partition coefficient (Wildman–Crippen LogP) is 5.61. The Kier molecular flexibility index (Phi) is 1.90. The minimum Gasteiger partial charge on any atom is -0.255 e. The first kappa shape index (κ1) is 14.6. The molecule has 0 aliphatic heterocycles. The van der Waals surface area contributed by atoms with E-state index in [1.54, 1.807) is 0 Å². The molecule has 0 saturated heterocycles. The van der Waals surface area contributed by atoms with E-state index in [0.29, 0.717) is 16.2 Å². The maximum atomic E-state index is 9.82. The number of nitriles is 1. The van der Waals surface area contributed by atoms with Crippen LogP contribution in [-0.4, -0.2) is 4.98 Å². The Bertz CT molecular complexity index is 1310. The molecule has 132 valence electrons. The highest BCUT2D eigenvalue weighted by Gasteiger charge is 3.06. The van der Waals surface area contributed by atoms with E-state index in [2.05, 4.69) is 58.2 Å². The lowest BCUT2D eigenvalue weighted by Gasteiger charge is -2.57. The number of pyridine rings is 1. The van der Waals surface area contributed by atoms with E-state index in [1.807, 2.05) is 12.1 Å². The molecule has 0 N–H and O–H groups in total. The number of hydrogen-bond donors (Lipinski definition) is 0. The topological polar surface area (TPSA) is 36.7 Å². The fourth-order valence-electron chi connectivity index (χ4n) is 9.94. The van der Waals surface area contributed by atoms with Gasteiger partial charge in [-0.15, -0.1) is 0 Å². The van der Waals surface area contributed by atoms with Crippen molar-refractivity contribution in [2.45, 2.75) is 51.4 Å². The summed E-state index contributed by atoms with van der Waals surface area (Å²) in [6.07, 6.45) is 4.74. The lowest BCUT2D eigenvalue weighted by atomic mass is 9.45. The zero-order chi connectivity index (χ0) is 18.6. The summed E-state index contributed by atoms with van der Waals surface area (Å²) in [5, 5.41) is 13.2. The van der Waals surface area contributed by atoms with Crippen molar-refractivity contribution in [2.75, 3.05) is 0 Å². The van der Waals surface area contributed by atoms with Gasteiger partial charge in [-0.05, 0) is 40.9 Å². The van der Waals surface area contributed by atoms with Gasteiger partial charge in [0, 0.05) is 38.6 Å². The molecule has 0 amide bonds. The first-order valence-corrected chi connectivity index (χ1v) is 10.1. The SMILES string of the molecule is CC12CC3(C)C4(C)CC(C)(c5c1cnc1c5cc(C#N)c5ccccc51)C234. The Balaban J connectivity index is 1.67. The smallest absolute Gasteiger partial charge is 0.0998 e. The average molecular weight is 350 g/mol. The molecule has 2 nitrogen and oxygen atoms in total. The van der Waals surface area contributed by atoms with E-state index in [-0.39, 0.29) is 10.8 Å². The van der Waals surface area contributed by atoms with Crippen LogP contribution in [0.3, 0.4) is 0 Å².